The van der Waals surface area contributed by atoms with E-state index in [-0.39, 0.29) is 17.3 Å². The molecule has 2 aromatic heterocycles. The van der Waals surface area contributed by atoms with Crippen LogP contribution in [0.3, 0.4) is 0 Å². The summed E-state index contributed by atoms with van der Waals surface area (Å²) >= 11 is 33.9. The van der Waals surface area contributed by atoms with E-state index in [1.807, 2.05) is 53.2 Å². The van der Waals surface area contributed by atoms with E-state index in [2.05, 4.69) is 71.7 Å². The maximum atomic E-state index is 12.4. The fourth-order valence-corrected chi connectivity index (χ4v) is 8.15. The van der Waals surface area contributed by atoms with Gasteiger partial charge in [0, 0.05) is 26.9 Å². The molecule has 4 N–H and O–H groups in total. The van der Waals surface area contributed by atoms with Crippen molar-refractivity contribution in [2.45, 2.75) is 0 Å². The van der Waals surface area contributed by atoms with Crippen molar-refractivity contribution in [3.63, 3.8) is 0 Å². The Balaban J connectivity index is 0.000000184. The molecule has 0 unspecified atom stereocenters. The second kappa shape index (κ2) is 19.9. The first kappa shape index (κ1) is 41.1. The molecule has 0 aliphatic rings. The Hall–Kier alpha value is -1.70. The number of carbonyl (C=O) groups is 2. The molecular weight excluding hydrogens is 1050 g/mol. The Morgan fingerprint density at radius 2 is 1.14 bits per heavy atom. The van der Waals surface area contributed by atoms with E-state index in [9.17, 15) is 19.6 Å². The van der Waals surface area contributed by atoms with Gasteiger partial charge in [0.25, 0.3) is 11.8 Å². The van der Waals surface area contributed by atoms with Gasteiger partial charge in [0.1, 0.15) is 0 Å². The van der Waals surface area contributed by atoms with Gasteiger partial charge < -0.3 is 20.7 Å². The molecule has 0 saturated carbocycles. The van der Waals surface area contributed by atoms with E-state index in [1.54, 1.807) is 65.9 Å². The van der Waals surface area contributed by atoms with Crippen molar-refractivity contribution in [1.82, 2.24) is 0 Å². The van der Waals surface area contributed by atoms with Gasteiger partial charge in [-0.05, 0) is 116 Å². The molecule has 50 heavy (non-hydrogen) atoms. The van der Waals surface area contributed by atoms with Crippen molar-refractivity contribution < 1.29 is 19.6 Å². The zero-order valence-corrected chi connectivity index (χ0v) is 35.7. The molecule has 2 amide bonds. The van der Waals surface area contributed by atoms with Crippen LogP contribution in [0, 0.1) is 5.77 Å². The molecule has 0 fully saturated rings. The Kier molecular flexibility index (Phi) is 16.4. The maximum absolute atomic E-state index is 12.4. The topological polar surface area (TPSA) is 98.7 Å². The van der Waals surface area contributed by atoms with Crippen LogP contribution in [-0.4, -0.2) is 29.0 Å². The summed E-state index contributed by atoms with van der Waals surface area (Å²) < 4.78 is 2.80. The number of hydrogen-bond donors (Lipinski definition) is 4. The highest BCUT2D eigenvalue weighted by atomic mass is 127. The molecule has 6 rings (SSSR count). The summed E-state index contributed by atoms with van der Waals surface area (Å²) in [7, 11) is -1.61. The minimum absolute atomic E-state index is 0.122. The molecule has 0 spiro atoms. The summed E-state index contributed by atoms with van der Waals surface area (Å²) in [6.07, 6.45) is 0. The van der Waals surface area contributed by atoms with Crippen molar-refractivity contribution in [1.29, 1.82) is 0 Å². The van der Waals surface area contributed by atoms with Crippen molar-refractivity contribution in [2.24, 2.45) is 0 Å². The molecule has 0 bridgehead atoms. The number of benzene rings is 4. The first-order valence-electron chi connectivity index (χ1n) is 14.0. The van der Waals surface area contributed by atoms with E-state index >= 15 is 0 Å². The molecule has 256 valence electrons. The third-order valence-electron chi connectivity index (χ3n) is 6.50. The second-order valence-electron chi connectivity index (χ2n) is 9.82. The monoisotopic (exact) mass is 1070 g/mol. The van der Waals surface area contributed by atoms with Gasteiger partial charge in [-0.3, -0.25) is 9.59 Å². The fourth-order valence-electron chi connectivity index (χ4n) is 4.10. The standard InChI is InChI=1S/C17H10Cl2INOS.C11H9BINO3S.C6H3BrCl2/c18-13-6-5-10(9-14(13)19)11-3-1-2-4-15(11)21-17(22)12-7-8-23-16(12)20;13-10-7(5-6-18-10)11(15)14-9-4-2-1-3-8(9)12(16)17;7-4-1-2-5(8)6(9)3-4/h1-9H,(H,21,22);1-6,16-17H,(H,14,15);1-3H. The summed E-state index contributed by atoms with van der Waals surface area (Å²) in [6, 6.07) is 28.5. The van der Waals surface area contributed by atoms with E-state index < -0.39 is 7.12 Å². The molecule has 0 saturated heterocycles. The van der Waals surface area contributed by atoms with E-state index in [0.717, 1.165) is 27.1 Å². The summed E-state index contributed by atoms with van der Waals surface area (Å²) in [5.41, 5.74) is 4.47. The van der Waals surface area contributed by atoms with Crippen molar-refractivity contribution in [3.05, 3.63) is 149 Å². The van der Waals surface area contributed by atoms with Gasteiger partial charge in [0.15, 0.2) is 0 Å². The van der Waals surface area contributed by atoms with Crippen LogP contribution in [0.5, 0.6) is 0 Å². The van der Waals surface area contributed by atoms with E-state index in [0.29, 0.717) is 36.9 Å². The van der Waals surface area contributed by atoms with Crippen molar-refractivity contribution in [3.8, 4) is 11.1 Å². The summed E-state index contributed by atoms with van der Waals surface area (Å²) in [5, 5.41) is 30.0. The summed E-state index contributed by atoms with van der Waals surface area (Å²) in [5.74, 6) is -0.378. The number of halogens is 7. The Morgan fingerprint density at radius 1 is 0.640 bits per heavy atom. The average molecular weight is 1070 g/mol. The van der Waals surface area contributed by atoms with Gasteiger partial charge in [-0.2, -0.15) is 0 Å². The first-order valence-corrected chi connectivity index (χ1v) is 20.3. The van der Waals surface area contributed by atoms with Crippen LogP contribution in [0.1, 0.15) is 20.7 Å². The molecule has 6 aromatic rings. The Labute approximate surface area is 352 Å². The highest BCUT2D eigenvalue weighted by molar-refractivity contribution is 14.1. The highest BCUT2D eigenvalue weighted by Gasteiger charge is 2.19. The second-order valence-corrected chi connectivity index (χ2v) is 17.8. The number of nitrogens with one attached hydrogen (secondary N) is 2. The van der Waals surface area contributed by atoms with Gasteiger partial charge in [-0.15, -0.1) is 22.7 Å². The Bertz CT molecular complexity index is 2120. The Morgan fingerprint density at radius 3 is 1.64 bits per heavy atom. The fraction of sp³-hybridized carbons (Fsp3) is 0. The largest absolute Gasteiger partial charge is 0.490 e. The smallest absolute Gasteiger partial charge is 0.423 e. The SMILES string of the molecule is Clc1ccc(Br)cc1Cl.O=C(Nc1ccccc1-c1ccc(Cl)c(Cl)c1)c1ccsc1I.O=C(Nc1ccccc1B(O)O)c1ccsc1I. The van der Waals surface area contributed by atoms with Gasteiger partial charge in [0.2, 0.25) is 0 Å². The van der Waals surface area contributed by atoms with E-state index in [4.69, 9.17) is 46.4 Å². The van der Waals surface area contributed by atoms with Crippen LogP contribution in [0.15, 0.2) is 112 Å². The molecule has 0 aliphatic carbocycles. The van der Waals surface area contributed by atoms with E-state index in [1.165, 1.54) is 11.3 Å². The molecule has 2 heterocycles. The first-order chi connectivity index (χ1) is 23.8. The summed E-state index contributed by atoms with van der Waals surface area (Å²) in [6.45, 7) is 0. The predicted molar refractivity (Wildman–Crippen MR) is 232 cm³/mol. The lowest BCUT2D eigenvalue weighted by atomic mass is 9.79. The zero-order valence-electron chi connectivity index (χ0n) is 25.1. The van der Waals surface area contributed by atoms with Crippen LogP contribution in [0.2, 0.25) is 20.1 Å². The molecular formula is C34H22BBrCl4I2N2O4S2. The van der Waals surface area contributed by atoms with Crippen LogP contribution in [-0.2, 0) is 0 Å². The quantitative estimate of drug-likeness (QED) is 0.0759. The van der Waals surface area contributed by atoms with Crippen LogP contribution in [0.4, 0.5) is 11.4 Å². The lowest BCUT2D eigenvalue weighted by molar-refractivity contribution is 0.101. The van der Waals surface area contributed by atoms with Crippen LogP contribution < -0.4 is 16.1 Å². The molecule has 0 radical (unpaired) electrons. The number of amides is 2. The number of anilines is 2. The highest BCUT2D eigenvalue weighted by Crippen LogP contribution is 2.33. The van der Waals surface area contributed by atoms with Gasteiger partial charge >= 0.3 is 7.12 Å². The number of carbonyl (C=O) groups excluding carboxylic acids is 2. The lowest BCUT2D eigenvalue weighted by Gasteiger charge is -2.12. The third-order valence-corrected chi connectivity index (χ3v) is 12.6. The molecule has 0 atom stereocenters. The van der Waals surface area contributed by atoms with Crippen molar-refractivity contribution >= 4 is 166 Å². The molecule has 0 aliphatic heterocycles. The molecule has 16 heteroatoms. The summed E-state index contributed by atoms with van der Waals surface area (Å²) in [4.78, 5) is 24.4. The van der Waals surface area contributed by atoms with Gasteiger partial charge in [0.05, 0.1) is 37.0 Å². The number of para-hydroxylation sites is 2. The third kappa shape index (κ3) is 11.7. The van der Waals surface area contributed by atoms with Crippen molar-refractivity contribution in [2.75, 3.05) is 10.6 Å². The lowest BCUT2D eigenvalue weighted by Crippen LogP contribution is -2.33. The van der Waals surface area contributed by atoms with Gasteiger partial charge in [-0.1, -0.05) is 105 Å². The maximum Gasteiger partial charge on any atom is 0.490 e. The van der Waals surface area contributed by atoms with Gasteiger partial charge in [-0.25, -0.2) is 0 Å². The van der Waals surface area contributed by atoms with Crippen LogP contribution >= 0.6 is 130 Å². The normalized spacial score (nSPS) is 10.3. The predicted octanol–water partition coefficient (Wildman–Crippen LogP) is 11.6. The number of thiophene rings is 2. The number of rotatable bonds is 6. The molecule has 6 nitrogen and oxygen atoms in total. The number of hydrogen-bond acceptors (Lipinski definition) is 6. The minimum Gasteiger partial charge on any atom is -0.423 e. The minimum atomic E-state index is -1.61. The average Bonchev–Trinajstić information content (AvgIpc) is 3.73. The zero-order chi connectivity index (χ0) is 36.4. The van der Waals surface area contributed by atoms with Crippen LogP contribution in [0.25, 0.3) is 11.1 Å². The molecule has 4 aromatic carbocycles.